The van der Waals surface area contributed by atoms with Crippen molar-refractivity contribution in [2.45, 2.75) is 6.92 Å². The number of hydrogen-bond donors (Lipinski definition) is 1. The summed E-state index contributed by atoms with van der Waals surface area (Å²) >= 11 is 5.89. The molecule has 1 N–H and O–H groups in total. The van der Waals surface area contributed by atoms with Crippen molar-refractivity contribution in [3.8, 4) is 0 Å². The Morgan fingerprint density at radius 1 is 1.30 bits per heavy atom. The fourth-order valence-corrected chi connectivity index (χ4v) is 2.28. The molecule has 3 rings (SSSR count). The summed E-state index contributed by atoms with van der Waals surface area (Å²) in [4.78, 5) is 16.4. The second-order valence-electron chi connectivity index (χ2n) is 4.45. The predicted molar refractivity (Wildman–Crippen MR) is 79.3 cm³/mol. The highest BCUT2D eigenvalue weighted by Gasteiger charge is 2.10. The van der Waals surface area contributed by atoms with Crippen LogP contribution in [0, 0.1) is 6.92 Å². The average Bonchev–Trinajstić information content (AvgIpc) is 2.91. The number of anilines is 1. The second kappa shape index (κ2) is 4.98. The van der Waals surface area contributed by atoms with Gasteiger partial charge in [-0.1, -0.05) is 17.7 Å². The van der Waals surface area contributed by atoms with E-state index in [1.54, 1.807) is 30.5 Å². The summed E-state index contributed by atoms with van der Waals surface area (Å²) in [5.41, 5.74) is 3.06. The Morgan fingerprint density at radius 3 is 2.95 bits per heavy atom. The van der Waals surface area contributed by atoms with E-state index >= 15 is 0 Å². The van der Waals surface area contributed by atoms with Gasteiger partial charge < -0.3 is 9.72 Å². The average molecular weight is 286 g/mol. The minimum absolute atomic E-state index is 0.185. The molecule has 100 valence electrons. The van der Waals surface area contributed by atoms with Crippen LogP contribution in [0.2, 0.25) is 5.02 Å². The van der Waals surface area contributed by atoms with E-state index in [2.05, 4.69) is 10.3 Å². The Bertz CT molecular complexity index is 795. The Morgan fingerprint density at radius 2 is 2.15 bits per heavy atom. The highest BCUT2D eigenvalue weighted by Crippen LogP contribution is 2.18. The van der Waals surface area contributed by atoms with Gasteiger partial charge in [0.15, 0.2) is 0 Å². The predicted octanol–water partition coefficient (Wildman–Crippen LogP) is 3.55. The molecular weight excluding hydrogens is 274 g/mol. The van der Waals surface area contributed by atoms with Crippen LogP contribution in [0.4, 0.5) is 5.69 Å². The van der Waals surface area contributed by atoms with Crippen LogP contribution in [0.5, 0.6) is 0 Å². The van der Waals surface area contributed by atoms with E-state index < -0.39 is 0 Å². The Hall–Kier alpha value is -2.33. The molecule has 0 unspecified atom stereocenters. The molecule has 0 saturated carbocycles. The van der Waals surface area contributed by atoms with E-state index in [4.69, 9.17) is 11.6 Å². The van der Waals surface area contributed by atoms with Crippen molar-refractivity contribution < 1.29 is 4.79 Å². The molecule has 0 bridgehead atoms. The summed E-state index contributed by atoms with van der Waals surface area (Å²) in [6, 6.07) is 10.6. The van der Waals surface area contributed by atoms with Crippen LogP contribution in [0.3, 0.4) is 0 Å². The van der Waals surface area contributed by atoms with Crippen LogP contribution < -0.4 is 5.32 Å². The van der Waals surface area contributed by atoms with Gasteiger partial charge in [0.05, 0.1) is 5.69 Å². The number of rotatable bonds is 2. The van der Waals surface area contributed by atoms with Crippen molar-refractivity contribution in [3.63, 3.8) is 0 Å². The third-order valence-electron chi connectivity index (χ3n) is 3.15. The highest BCUT2D eigenvalue weighted by atomic mass is 35.5. The molecule has 0 spiro atoms. The number of fused-ring (bicyclic) bond motifs is 1. The first kappa shape index (κ1) is 12.7. The van der Waals surface area contributed by atoms with Crippen molar-refractivity contribution in [2.24, 2.45) is 0 Å². The fraction of sp³-hybridized carbons (Fsp3) is 0.0667. The van der Waals surface area contributed by atoms with Gasteiger partial charge in [0.25, 0.3) is 5.91 Å². The Balaban J connectivity index is 1.93. The van der Waals surface area contributed by atoms with Gasteiger partial charge in [-0.3, -0.25) is 4.79 Å². The molecule has 0 fully saturated rings. The van der Waals surface area contributed by atoms with E-state index in [9.17, 15) is 4.79 Å². The smallest absolute Gasteiger partial charge is 0.255 e. The number of nitrogens with one attached hydrogen (secondary N) is 1. The van der Waals surface area contributed by atoms with Gasteiger partial charge in [0.2, 0.25) is 0 Å². The zero-order valence-corrected chi connectivity index (χ0v) is 11.6. The summed E-state index contributed by atoms with van der Waals surface area (Å²) in [5.74, 6) is -0.185. The number of benzene rings is 1. The van der Waals surface area contributed by atoms with Gasteiger partial charge in [0, 0.05) is 28.7 Å². The SMILES string of the molecule is Cc1c(NC(=O)c2cccc(Cl)c2)ccc2nccn12. The molecule has 0 aliphatic heterocycles. The first-order valence-electron chi connectivity index (χ1n) is 6.15. The van der Waals surface area contributed by atoms with E-state index in [0.29, 0.717) is 10.6 Å². The normalized spacial score (nSPS) is 10.7. The first-order chi connectivity index (χ1) is 9.65. The van der Waals surface area contributed by atoms with E-state index in [0.717, 1.165) is 17.0 Å². The molecule has 0 aliphatic carbocycles. The number of carbonyl (C=O) groups is 1. The molecule has 2 heterocycles. The maximum Gasteiger partial charge on any atom is 0.255 e. The van der Waals surface area contributed by atoms with E-state index in [1.807, 2.05) is 29.7 Å². The van der Waals surface area contributed by atoms with Crippen molar-refractivity contribution >= 4 is 28.8 Å². The number of halogens is 1. The lowest BCUT2D eigenvalue weighted by atomic mass is 10.2. The minimum Gasteiger partial charge on any atom is -0.320 e. The third kappa shape index (κ3) is 2.26. The molecule has 4 nitrogen and oxygen atoms in total. The molecule has 0 saturated heterocycles. The number of pyridine rings is 1. The molecule has 1 amide bonds. The molecule has 2 aromatic heterocycles. The zero-order chi connectivity index (χ0) is 14.1. The molecule has 0 atom stereocenters. The number of aromatic nitrogens is 2. The summed E-state index contributed by atoms with van der Waals surface area (Å²) in [5, 5.41) is 3.43. The van der Waals surface area contributed by atoms with E-state index in [1.165, 1.54) is 0 Å². The maximum atomic E-state index is 12.2. The molecular formula is C15H12ClN3O. The van der Waals surface area contributed by atoms with Crippen LogP contribution in [0.1, 0.15) is 16.1 Å². The van der Waals surface area contributed by atoms with Crippen LogP contribution in [-0.2, 0) is 0 Å². The van der Waals surface area contributed by atoms with E-state index in [-0.39, 0.29) is 5.91 Å². The molecule has 5 heteroatoms. The summed E-state index contributed by atoms with van der Waals surface area (Å²) < 4.78 is 1.92. The van der Waals surface area contributed by atoms with Gasteiger partial charge in [-0.15, -0.1) is 0 Å². The monoisotopic (exact) mass is 285 g/mol. The lowest BCUT2D eigenvalue weighted by Gasteiger charge is -2.10. The molecule has 0 aliphatic rings. The highest BCUT2D eigenvalue weighted by molar-refractivity contribution is 6.31. The van der Waals surface area contributed by atoms with Crippen LogP contribution in [-0.4, -0.2) is 15.3 Å². The number of amides is 1. The molecule has 1 aromatic carbocycles. The summed E-state index contributed by atoms with van der Waals surface area (Å²) in [6.45, 7) is 1.93. The summed E-state index contributed by atoms with van der Waals surface area (Å²) in [7, 11) is 0. The minimum atomic E-state index is -0.185. The van der Waals surface area contributed by atoms with Gasteiger partial charge in [-0.2, -0.15) is 0 Å². The van der Waals surface area contributed by atoms with Gasteiger partial charge in [-0.05, 0) is 37.3 Å². The number of hydrogen-bond acceptors (Lipinski definition) is 2. The number of imidazole rings is 1. The number of carbonyl (C=O) groups excluding carboxylic acids is 1. The first-order valence-corrected chi connectivity index (χ1v) is 6.52. The fourth-order valence-electron chi connectivity index (χ4n) is 2.09. The van der Waals surface area contributed by atoms with Gasteiger partial charge in [0.1, 0.15) is 5.65 Å². The van der Waals surface area contributed by atoms with Crippen molar-refractivity contribution in [3.05, 3.63) is 65.1 Å². The molecule has 0 radical (unpaired) electrons. The van der Waals surface area contributed by atoms with Gasteiger partial charge >= 0.3 is 0 Å². The molecule has 20 heavy (non-hydrogen) atoms. The number of aryl methyl sites for hydroxylation is 1. The lowest BCUT2D eigenvalue weighted by molar-refractivity contribution is 0.102. The lowest BCUT2D eigenvalue weighted by Crippen LogP contribution is -2.13. The quantitative estimate of drug-likeness (QED) is 0.783. The molecule has 3 aromatic rings. The van der Waals surface area contributed by atoms with Crippen LogP contribution in [0.25, 0.3) is 5.65 Å². The summed E-state index contributed by atoms with van der Waals surface area (Å²) in [6.07, 6.45) is 3.59. The topological polar surface area (TPSA) is 46.4 Å². The van der Waals surface area contributed by atoms with Gasteiger partial charge in [-0.25, -0.2) is 4.98 Å². The zero-order valence-electron chi connectivity index (χ0n) is 10.8. The standard InChI is InChI=1S/C15H12ClN3O/c1-10-13(5-6-14-17-7-8-19(10)14)18-15(20)11-3-2-4-12(16)9-11/h2-9H,1H3,(H,18,20). The largest absolute Gasteiger partial charge is 0.320 e. The van der Waals surface area contributed by atoms with Crippen molar-refractivity contribution in [2.75, 3.05) is 5.32 Å². The third-order valence-corrected chi connectivity index (χ3v) is 3.39. The second-order valence-corrected chi connectivity index (χ2v) is 4.89. The Labute approximate surface area is 121 Å². The Kier molecular flexibility index (Phi) is 3.16. The maximum absolute atomic E-state index is 12.2. The number of nitrogens with zero attached hydrogens (tertiary/aromatic N) is 2. The van der Waals surface area contributed by atoms with Crippen LogP contribution >= 0.6 is 11.6 Å². The van der Waals surface area contributed by atoms with Crippen LogP contribution in [0.15, 0.2) is 48.8 Å². The van der Waals surface area contributed by atoms with Crippen molar-refractivity contribution in [1.29, 1.82) is 0 Å². The van der Waals surface area contributed by atoms with Crippen molar-refractivity contribution in [1.82, 2.24) is 9.38 Å².